The molecule has 0 fully saturated rings. The number of nitrogens with zero attached hydrogens (tertiary/aromatic N) is 2. The van der Waals surface area contributed by atoms with Crippen molar-refractivity contribution in [2.45, 2.75) is 0 Å². The average Bonchev–Trinajstić information content (AvgIpc) is 2.22. The van der Waals surface area contributed by atoms with Gasteiger partial charge in [0.25, 0.3) is 0 Å². The third-order valence-electron chi connectivity index (χ3n) is 1.65. The van der Waals surface area contributed by atoms with Crippen molar-refractivity contribution in [3.63, 3.8) is 0 Å². The van der Waals surface area contributed by atoms with Crippen molar-refractivity contribution in [2.75, 3.05) is 0 Å². The minimum absolute atomic E-state index is 0.141. The minimum Gasteiger partial charge on any atom is -0.508 e. The van der Waals surface area contributed by atoms with Gasteiger partial charge in [-0.15, -0.1) is 0 Å². The summed E-state index contributed by atoms with van der Waals surface area (Å²) in [6.07, 6.45) is 2.92. The number of phenolic OH excluding ortho intramolecular Hbond substituents is 1. The van der Waals surface area contributed by atoms with Crippen molar-refractivity contribution < 1.29 is 9.84 Å². The fourth-order valence-corrected chi connectivity index (χ4v) is 1.13. The lowest BCUT2D eigenvalue weighted by Crippen LogP contribution is -1.87. The number of halogens is 1. The predicted octanol–water partition coefficient (Wildman–Crippen LogP) is 2.63. The lowest BCUT2D eigenvalue weighted by molar-refractivity contribution is 0.453. The van der Waals surface area contributed by atoms with Gasteiger partial charge in [-0.25, -0.2) is 9.97 Å². The summed E-state index contributed by atoms with van der Waals surface area (Å²) in [4.78, 5) is 7.53. The highest BCUT2D eigenvalue weighted by molar-refractivity contribution is 6.28. The van der Waals surface area contributed by atoms with Crippen LogP contribution in [0.15, 0.2) is 36.7 Å². The van der Waals surface area contributed by atoms with Gasteiger partial charge in [-0.2, -0.15) is 0 Å². The maximum atomic E-state index is 9.20. The number of hydrogen-bond acceptors (Lipinski definition) is 4. The van der Waals surface area contributed by atoms with Crippen LogP contribution in [0.3, 0.4) is 0 Å². The van der Waals surface area contributed by atoms with Crippen LogP contribution >= 0.6 is 11.6 Å². The van der Waals surface area contributed by atoms with Crippen molar-refractivity contribution in [2.24, 2.45) is 0 Å². The van der Waals surface area contributed by atoms with Gasteiger partial charge in [-0.1, -0.05) is 6.07 Å². The molecule has 0 radical (unpaired) electrons. The molecule has 4 nitrogen and oxygen atoms in total. The largest absolute Gasteiger partial charge is 0.508 e. The summed E-state index contributed by atoms with van der Waals surface area (Å²) in [5.41, 5.74) is 0. The number of aromatic nitrogens is 2. The molecule has 76 valence electrons. The van der Waals surface area contributed by atoms with Crippen molar-refractivity contribution in [3.8, 4) is 17.2 Å². The first-order chi connectivity index (χ1) is 7.24. The van der Waals surface area contributed by atoms with Crippen LogP contribution in [0.25, 0.3) is 0 Å². The summed E-state index contributed by atoms with van der Waals surface area (Å²) in [5.74, 6) is 1.12. The van der Waals surface area contributed by atoms with Crippen LogP contribution < -0.4 is 4.74 Å². The molecular formula is C10H7ClN2O2. The summed E-state index contributed by atoms with van der Waals surface area (Å²) in [6.45, 7) is 0. The molecule has 2 aromatic rings. The second-order valence-corrected chi connectivity index (χ2v) is 3.13. The monoisotopic (exact) mass is 222 g/mol. The molecule has 0 saturated carbocycles. The number of phenols is 1. The first-order valence-corrected chi connectivity index (χ1v) is 4.56. The molecule has 15 heavy (non-hydrogen) atoms. The number of rotatable bonds is 2. The van der Waals surface area contributed by atoms with Crippen LogP contribution in [0.5, 0.6) is 17.2 Å². The van der Waals surface area contributed by atoms with Crippen molar-refractivity contribution in [3.05, 3.63) is 41.9 Å². The van der Waals surface area contributed by atoms with Crippen LogP contribution in [-0.4, -0.2) is 15.1 Å². The van der Waals surface area contributed by atoms with Gasteiger partial charge in [0.05, 0.1) is 12.4 Å². The molecule has 0 saturated heterocycles. The Morgan fingerprint density at radius 3 is 2.53 bits per heavy atom. The topological polar surface area (TPSA) is 55.2 Å². The summed E-state index contributed by atoms with van der Waals surface area (Å²) in [7, 11) is 0. The second kappa shape index (κ2) is 4.14. The first kappa shape index (κ1) is 9.73. The van der Waals surface area contributed by atoms with E-state index < -0.39 is 0 Å². The summed E-state index contributed by atoms with van der Waals surface area (Å²) >= 11 is 5.52. The Hall–Kier alpha value is -1.81. The Balaban J connectivity index is 2.18. The van der Waals surface area contributed by atoms with Crippen molar-refractivity contribution in [1.82, 2.24) is 9.97 Å². The second-order valence-electron chi connectivity index (χ2n) is 2.79. The van der Waals surface area contributed by atoms with E-state index in [-0.39, 0.29) is 11.0 Å². The summed E-state index contributed by atoms with van der Waals surface area (Å²) in [6, 6.07) is 6.45. The molecule has 1 heterocycles. The molecule has 5 heteroatoms. The number of ether oxygens (including phenoxy) is 1. The molecule has 1 N–H and O–H groups in total. The third-order valence-corrected chi connectivity index (χ3v) is 1.85. The molecule has 0 spiro atoms. The number of aromatic hydroxyl groups is 1. The maximum absolute atomic E-state index is 9.20. The van der Waals surface area contributed by atoms with Crippen molar-refractivity contribution in [1.29, 1.82) is 0 Å². The fourth-order valence-electron chi connectivity index (χ4n) is 1.04. The lowest BCUT2D eigenvalue weighted by atomic mass is 10.3. The van der Waals surface area contributed by atoms with E-state index in [4.69, 9.17) is 16.3 Å². The van der Waals surface area contributed by atoms with Crippen LogP contribution in [0.2, 0.25) is 5.28 Å². The zero-order valence-corrected chi connectivity index (χ0v) is 8.35. The van der Waals surface area contributed by atoms with Gasteiger partial charge < -0.3 is 9.84 Å². The molecule has 0 amide bonds. The van der Waals surface area contributed by atoms with Gasteiger partial charge in [-0.3, -0.25) is 0 Å². The van der Waals surface area contributed by atoms with E-state index in [1.807, 2.05) is 0 Å². The Morgan fingerprint density at radius 2 is 1.87 bits per heavy atom. The molecule has 1 aromatic heterocycles. The molecule has 0 atom stereocenters. The van der Waals surface area contributed by atoms with E-state index in [1.165, 1.54) is 18.5 Å². The summed E-state index contributed by atoms with van der Waals surface area (Å²) < 4.78 is 5.37. The van der Waals surface area contributed by atoms with E-state index >= 15 is 0 Å². The molecule has 2 rings (SSSR count). The molecule has 0 aliphatic rings. The lowest BCUT2D eigenvalue weighted by Gasteiger charge is -2.04. The molecule has 0 unspecified atom stereocenters. The Kier molecular flexibility index (Phi) is 2.69. The number of hydrogen-bond donors (Lipinski definition) is 1. The van der Waals surface area contributed by atoms with E-state index in [9.17, 15) is 5.11 Å². The van der Waals surface area contributed by atoms with E-state index in [1.54, 1.807) is 18.2 Å². The first-order valence-electron chi connectivity index (χ1n) is 4.18. The van der Waals surface area contributed by atoms with Gasteiger partial charge in [0, 0.05) is 6.07 Å². The van der Waals surface area contributed by atoms with Crippen molar-refractivity contribution >= 4 is 11.6 Å². The summed E-state index contributed by atoms with van der Waals surface area (Å²) in [5, 5.41) is 9.37. The fraction of sp³-hybridized carbons (Fsp3) is 0. The normalized spacial score (nSPS) is 9.93. The molecule has 0 aliphatic heterocycles. The molecule has 0 bridgehead atoms. The third kappa shape index (κ3) is 2.57. The standard InChI is InChI=1S/C10H7ClN2O2/c11-10-12-5-9(6-13-10)15-8-3-1-2-7(14)4-8/h1-6,14H. The Morgan fingerprint density at radius 1 is 1.13 bits per heavy atom. The zero-order chi connectivity index (χ0) is 10.7. The number of benzene rings is 1. The van der Waals surface area contributed by atoms with Gasteiger partial charge in [0.15, 0.2) is 5.75 Å². The predicted molar refractivity (Wildman–Crippen MR) is 55.2 cm³/mol. The highest BCUT2D eigenvalue weighted by Crippen LogP contribution is 2.23. The molecular weight excluding hydrogens is 216 g/mol. The molecule has 0 aliphatic carbocycles. The van der Waals surface area contributed by atoms with Gasteiger partial charge >= 0.3 is 0 Å². The van der Waals surface area contributed by atoms with E-state index in [0.29, 0.717) is 11.5 Å². The zero-order valence-electron chi connectivity index (χ0n) is 7.59. The van der Waals surface area contributed by atoms with Crippen LogP contribution in [-0.2, 0) is 0 Å². The quantitative estimate of drug-likeness (QED) is 0.794. The molecule has 1 aromatic carbocycles. The Bertz CT molecular complexity index is 459. The maximum Gasteiger partial charge on any atom is 0.222 e. The SMILES string of the molecule is Oc1cccc(Oc2cnc(Cl)nc2)c1. The van der Waals surface area contributed by atoms with Crippen LogP contribution in [0.1, 0.15) is 0 Å². The van der Waals surface area contributed by atoms with E-state index in [0.717, 1.165) is 0 Å². The minimum atomic E-state index is 0.141. The van der Waals surface area contributed by atoms with Gasteiger partial charge in [0.1, 0.15) is 11.5 Å². The van der Waals surface area contributed by atoms with Gasteiger partial charge in [-0.05, 0) is 23.7 Å². The van der Waals surface area contributed by atoms with Crippen LogP contribution in [0.4, 0.5) is 0 Å². The highest BCUT2D eigenvalue weighted by atomic mass is 35.5. The highest BCUT2D eigenvalue weighted by Gasteiger charge is 1.99. The Labute approximate surface area is 91.1 Å². The smallest absolute Gasteiger partial charge is 0.222 e. The van der Waals surface area contributed by atoms with E-state index in [2.05, 4.69) is 9.97 Å². The van der Waals surface area contributed by atoms with Crippen LogP contribution in [0, 0.1) is 0 Å². The average molecular weight is 223 g/mol. The van der Waals surface area contributed by atoms with Gasteiger partial charge in [0.2, 0.25) is 5.28 Å².